The first-order valence-corrected chi connectivity index (χ1v) is 25.6. The van der Waals surface area contributed by atoms with Crippen LogP contribution in [-0.4, -0.2) is 140 Å². The molecule has 9 N–H and O–H groups in total. The van der Waals surface area contributed by atoms with Gasteiger partial charge in [0.05, 0.1) is 32.0 Å². The summed E-state index contributed by atoms with van der Waals surface area (Å²) in [6, 6.07) is -0.826. The number of aliphatic hydroxyl groups excluding tert-OH is 8. The Morgan fingerprint density at radius 1 is 0.562 bits per heavy atom. The van der Waals surface area contributed by atoms with Crippen molar-refractivity contribution in [3.63, 3.8) is 0 Å². The lowest BCUT2D eigenvalue weighted by Crippen LogP contribution is -2.65. The Balaban J connectivity index is 1.77. The van der Waals surface area contributed by atoms with Crippen LogP contribution in [0.25, 0.3) is 0 Å². The van der Waals surface area contributed by atoms with Crippen molar-refractivity contribution in [2.75, 3.05) is 19.8 Å². The van der Waals surface area contributed by atoms with Crippen LogP contribution < -0.4 is 5.32 Å². The third-order valence-corrected chi connectivity index (χ3v) is 12.7. The molecule has 0 aromatic carbocycles. The maximum Gasteiger partial charge on any atom is 0.220 e. The van der Waals surface area contributed by atoms with E-state index in [9.17, 15) is 45.6 Å². The quantitative estimate of drug-likeness (QED) is 0.0236. The van der Waals surface area contributed by atoms with Crippen LogP contribution in [0, 0.1) is 0 Å². The molecule has 12 atom stereocenters. The van der Waals surface area contributed by atoms with Gasteiger partial charge in [-0.3, -0.25) is 4.79 Å². The topological polar surface area (TPSA) is 228 Å². The van der Waals surface area contributed by atoms with Gasteiger partial charge in [-0.05, 0) is 44.9 Å². The zero-order valence-electron chi connectivity index (χ0n) is 39.8. The molecule has 0 saturated carbocycles. The van der Waals surface area contributed by atoms with Crippen LogP contribution in [0.3, 0.4) is 0 Å². The Kier molecular flexibility index (Phi) is 34.3. The minimum Gasteiger partial charge on any atom is -0.394 e. The number of aliphatic hydroxyl groups is 8. The number of allylic oxidation sites excluding steroid dienone is 4. The van der Waals surface area contributed by atoms with Crippen molar-refractivity contribution in [1.82, 2.24) is 5.32 Å². The fraction of sp³-hybridized carbons (Fsp3) is 0.900. The number of hydrogen-bond acceptors (Lipinski definition) is 13. The maximum atomic E-state index is 13.2. The molecule has 0 spiro atoms. The van der Waals surface area contributed by atoms with E-state index in [1.807, 2.05) is 0 Å². The fourth-order valence-electron chi connectivity index (χ4n) is 8.44. The average molecular weight is 916 g/mol. The molecule has 12 unspecified atom stereocenters. The summed E-state index contributed by atoms with van der Waals surface area (Å²) in [5.74, 6) is -0.214. The van der Waals surface area contributed by atoms with E-state index in [1.165, 1.54) is 103 Å². The standard InChI is InChI=1S/C50H93NO13/c1-3-5-7-9-11-13-14-15-16-17-18-19-20-21-22-23-24-26-28-30-32-34-42(55)51-38(39(54)33-31-29-27-25-12-10-8-6-4-2)37-61-49-47(60)45(58)48(41(36-53)63-49)64-50-46(59)44(57)43(56)40(35-52)62-50/h14-15,17-18,38-41,43-50,52-54,56-60H,3-13,16,19-37H2,1-2H3,(H,51,55)/b15-14-,18-17-. The second-order valence-electron chi connectivity index (χ2n) is 18.3. The zero-order valence-corrected chi connectivity index (χ0v) is 39.8. The third kappa shape index (κ3) is 24.5. The molecule has 2 fully saturated rings. The molecule has 0 aromatic rings. The highest BCUT2D eigenvalue weighted by atomic mass is 16.7. The molecule has 0 radical (unpaired) electrons. The molecule has 1 amide bonds. The molecule has 2 heterocycles. The Morgan fingerprint density at radius 2 is 1.03 bits per heavy atom. The van der Waals surface area contributed by atoms with Gasteiger partial charge in [-0.1, -0.05) is 167 Å². The summed E-state index contributed by atoms with van der Waals surface area (Å²) in [4.78, 5) is 13.2. The highest BCUT2D eigenvalue weighted by molar-refractivity contribution is 5.76. The van der Waals surface area contributed by atoms with Crippen LogP contribution in [-0.2, 0) is 23.7 Å². The van der Waals surface area contributed by atoms with Gasteiger partial charge in [-0.25, -0.2) is 0 Å². The Morgan fingerprint density at radius 3 is 1.56 bits per heavy atom. The lowest BCUT2D eigenvalue weighted by Gasteiger charge is -2.46. The van der Waals surface area contributed by atoms with Crippen LogP contribution in [0.2, 0.25) is 0 Å². The molecule has 2 rings (SSSR count). The van der Waals surface area contributed by atoms with Crippen LogP contribution in [0.5, 0.6) is 0 Å². The van der Waals surface area contributed by atoms with Crippen LogP contribution in [0.1, 0.15) is 194 Å². The largest absolute Gasteiger partial charge is 0.394 e. The monoisotopic (exact) mass is 916 g/mol. The maximum absolute atomic E-state index is 13.2. The van der Waals surface area contributed by atoms with Crippen LogP contribution >= 0.6 is 0 Å². The number of unbranched alkanes of at least 4 members (excludes halogenated alkanes) is 22. The van der Waals surface area contributed by atoms with Crippen molar-refractivity contribution in [3.8, 4) is 0 Å². The van der Waals surface area contributed by atoms with Gasteiger partial charge in [0.2, 0.25) is 5.91 Å². The fourth-order valence-corrected chi connectivity index (χ4v) is 8.44. The minimum absolute atomic E-state index is 0.214. The van der Waals surface area contributed by atoms with E-state index in [0.717, 1.165) is 64.2 Å². The van der Waals surface area contributed by atoms with Gasteiger partial charge in [-0.2, -0.15) is 0 Å². The van der Waals surface area contributed by atoms with E-state index in [0.29, 0.717) is 12.8 Å². The molecule has 376 valence electrons. The number of ether oxygens (including phenoxy) is 4. The van der Waals surface area contributed by atoms with Gasteiger partial charge >= 0.3 is 0 Å². The molecule has 14 heteroatoms. The molecular formula is C50H93NO13. The van der Waals surface area contributed by atoms with Crippen molar-refractivity contribution in [3.05, 3.63) is 24.3 Å². The highest BCUT2D eigenvalue weighted by Crippen LogP contribution is 2.30. The Labute approximate surface area is 386 Å². The SMILES string of the molecule is CCCCCCC/C=C\C/C=C\CCCCCCCCCCCC(=O)NC(COC1OC(CO)C(OC2OC(CO)C(O)C(O)C2O)C(O)C1O)C(O)CCCCCCCCCCC. The van der Waals surface area contributed by atoms with E-state index in [4.69, 9.17) is 18.9 Å². The predicted octanol–water partition coefficient (Wildman–Crippen LogP) is 6.55. The smallest absolute Gasteiger partial charge is 0.220 e. The summed E-state index contributed by atoms with van der Waals surface area (Å²) in [6.07, 6.45) is 23.4. The first-order valence-electron chi connectivity index (χ1n) is 25.6. The van der Waals surface area contributed by atoms with Crippen molar-refractivity contribution < 1.29 is 64.6 Å². The summed E-state index contributed by atoms with van der Waals surface area (Å²) in [7, 11) is 0. The molecular weight excluding hydrogens is 823 g/mol. The van der Waals surface area contributed by atoms with Crippen molar-refractivity contribution in [2.24, 2.45) is 0 Å². The average Bonchev–Trinajstić information content (AvgIpc) is 3.29. The van der Waals surface area contributed by atoms with Gasteiger partial charge < -0.3 is 65.1 Å². The normalized spacial score (nSPS) is 27.4. The summed E-state index contributed by atoms with van der Waals surface area (Å²) < 4.78 is 22.7. The van der Waals surface area contributed by atoms with E-state index in [2.05, 4.69) is 43.5 Å². The molecule has 64 heavy (non-hydrogen) atoms. The molecule has 2 aliphatic rings. The van der Waals surface area contributed by atoms with Gasteiger partial charge in [0.25, 0.3) is 0 Å². The molecule has 0 bridgehead atoms. The Hall–Kier alpha value is -1.53. The third-order valence-electron chi connectivity index (χ3n) is 12.7. The van der Waals surface area contributed by atoms with E-state index in [-0.39, 0.29) is 12.5 Å². The molecule has 0 aliphatic carbocycles. The van der Waals surface area contributed by atoms with Crippen molar-refractivity contribution >= 4 is 5.91 Å². The minimum atomic E-state index is -1.78. The van der Waals surface area contributed by atoms with Gasteiger partial charge in [-0.15, -0.1) is 0 Å². The lowest BCUT2D eigenvalue weighted by atomic mass is 9.97. The van der Waals surface area contributed by atoms with E-state index < -0.39 is 86.8 Å². The number of rotatable bonds is 39. The van der Waals surface area contributed by atoms with Crippen LogP contribution in [0.4, 0.5) is 0 Å². The summed E-state index contributed by atoms with van der Waals surface area (Å²) >= 11 is 0. The van der Waals surface area contributed by atoms with Crippen molar-refractivity contribution in [1.29, 1.82) is 0 Å². The highest BCUT2D eigenvalue weighted by Gasteiger charge is 2.51. The number of carbonyl (C=O) groups is 1. The number of carbonyl (C=O) groups excluding carboxylic acids is 1. The van der Waals surface area contributed by atoms with Gasteiger partial charge in [0.1, 0.15) is 48.8 Å². The first-order chi connectivity index (χ1) is 31.1. The van der Waals surface area contributed by atoms with Crippen LogP contribution in [0.15, 0.2) is 24.3 Å². The molecule has 14 nitrogen and oxygen atoms in total. The number of hydrogen-bond donors (Lipinski definition) is 9. The van der Waals surface area contributed by atoms with E-state index in [1.54, 1.807) is 0 Å². The van der Waals surface area contributed by atoms with E-state index >= 15 is 0 Å². The second kappa shape index (κ2) is 37.5. The zero-order chi connectivity index (χ0) is 46.8. The van der Waals surface area contributed by atoms with Gasteiger partial charge in [0, 0.05) is 6.42 Å². The molecule has 2 aliphatic heterocycles. The summed E-state index contributed by atoms with van der Waals surface area (Å²) in [6.45, 7) is 2.80. The van der Waals surface area contributed by atoms with Gasteiger partial charge in [0.15, 0.2) is 12.6 Å². The Bertz CT molecular complexity index is 1170. The second-order valence-corrected chi connectivity index (χ2v) is 18.3. The van der Waals surface area contributed by atoms with Crippen molar-refractivity contribution in [2.45, 2.75) is 267 Å². The predicted molar refractivity (Wildman–Crippen MR) is 249 cm³/mol. The first kappa shape index (κ1) is 58.6. The summed E-state index contributed by atoms with van der Waals surface area (Å²) in [5.41, 5.74) is 0. The lowest BCUT2D eigenvalue weighted by molar-refractivity contribution is -0.359. The number of amides is 1. The summed E-state index contributed by atoms with van der Waals surface area (Å²) in [5, 5.41) is 86.7. The number of nitrogens with one attached hydrogen (secondary N) is 1. The molecule has 0 aromatic heterocycles. The molecule has 2 saturated heterocycles.